The number of hydrogen-bond donors (Lipinski definition) is 1. The summed E-state index contributed by atoms with van der Waals surface area (Å²) in [6.07, 6.45) is 95.8. The predicted molar refractivity (Wildman–Crippen MR) is 362 cm³/mol. The van der Waals surface area contributed by atoms with Crippen molar-refractivity contribution in [2.24, 2.45) is 0 Å². The van der Waals surface area contributed by atoms with Gasteiger partial charge in [-0.1, -0.05) is 261 Å². The number of phosphoric ester groups is 1. The van der Waals surface area contributed by atoms with E-state index >= 15 is 0 Å². The minimum absolute atomic E-state index is 0.0178. The molecule has 0 rings (SSSR count). The number of likely N-dealkylation sites (N-methyl/N-ethyl adjacent to an activating group) is 1. The second kappa shape index (κ2) is 62.9. The Bertz CT molecular complexity index is 2020. The van der Waals surface area contributed by atoms with Crippen LogP contribution in [0.15, 0.2) is 170 Å². The molecule has 0 aromatic rings. The van der Waals surface area contributed by atoms with Crippen LogP contribution in [0.25, 0.3) is 0 Å². The van der Waals surface area contributed by atoms with Gasteiger partial charge in [0.05, 0.1) is 27.7 Å². The molecular weight excluding hydrogens is 1060 g/mol. The molecule has 474 valence electrons. The van der Waals surface area contributed by atoms with Gasteiger partial charge >= 0.3 is 19.8 Å². The van der Waals surface area contributed by atoms with Gasteiger partial charge in [0, 0.05) is 12.8 Å². The van der Waals surface area contributed by atoms with Crippen LogP contribution < -0.4 is 0 Å². The first-order valence-corrected chi connectivity index (χ1v) is 34.4. The molecule has 0 amide bonds. The van der Waals surface area contributed by atoms with E-state index in [1.54, 1.807) is 0 Å². The van der Waals surface area contributed by atoms with Crippen LogP contribution in [0, 0.1) is 0 Å². The van der Waals surface area contributed by atoms with Crippen LogP contribution >= 0.6 is 7.82 Å². The van der Waals surface area contributed by atoms with Gasteiger partial charge in [0.1, 0.15) is 19.8 Å². The molecule has 0 aliphatic rings. The fraction of sp³-hybridized carbons (Fsp3) is 0.595. The molecule has 0 aromatic heterocycles. The van der Waals surface area contributed by atoms with Crippen molar-refractivity contribution >= 4 is 19.8 Å². The Kier molecular flexibility index (Phi) is 59.4. The zero-order valence-electron chi connectivity index (χ0n) is 53.8. The number of nitrogens with zero attached hydrogens (tertiary/aromatic N) is 1. The average Bonchev–Trinajstić information content (AvgIpc) is 3.61. The molecule has 1 N–H and O–H groups in total. The molecular formula is C74H121NO8P+. The summed E-state index contributed by atoms with van der Waals surface area (Å²) in [6, 6.07) is 0. The summed E-state index contributed by atoms with van der Waals surface area (Å²) < 4.78 is 34.6. The molecule has 0 bridgehead atoms. The van der Waals surface area contributed by atoms with Crippen LogP contribution in [0.5, 0.6) is 0 Å². The quantitative estimate of drug-likeness (QED) is 0.0211. The summed E-state index contributed by atoms with van der Waals surface area (Å²) in [5.74, 6) is -0.840. The molecule has 10 heteroatoms. The van der Waals surface area contributed by atoms with Crippen LogP contribution in [-0.4, -0.2) is 74.9 Å². The van der Waals surface area contributed by atoms with E-state index in [0.29, 0.717) is 23.9 Å². The van der Waals surface area contributed by atoms with Crippen LogP contribution in [0.4, 0.5) is 0 Å². The molecule has 9 nitrogen and oxygen atoms in total. The summed E-state index contributed by atoms with van der Waals surface area (Å²) in [6.45, 7) is 4.15. The molecule has 2 atom stereocenters. The van der Waals surface area contributed by atoms with Crippen molar-refractivity contribution in [3.05, 3.63) is 170 Å². The maximum Gasteiger partial charge on any atom is 0.472 e. The van der Waals surface area contributed by atoms with Gasteiger partial charge in [-0.05, 0) is 128 Å². The molecule has 2 unspecified atom stereocenters. The van der Waals surface area contributed by atoms with E-state index < -0.39 is 32.5 Å². The van der Waals surface area contributed by atoms with Crippen molar-refractivity contribution < 1.29 is 42.1 Å². The van der Waals surface area contributed by atoms with Gasteiger partial charge in [0.2, 0.25) is 0 Å². The molecule has 0 aliphatic carbocycles. The number of quaternary nitrogens is 1. The molecule has 0 spiro atoms. The number of carbonyl (C=O) groups is 2. The molecule has 0 radical (unpaired) electrons. The fourth-order valence-electron chi connectivity index (χ4n) is 8.27. The zero-order valence-corrected chi connectivity index (χ0v) is 54.7. The number of allylic oxidation sites excluding steroid dienone is 28. The van der Waals surface area contributed by atoms with Crippen LogP contribution in [0.2, 0.25) is 0 Å². The summed E-state index contributed by atoms with van der Waals surface area (Å²) >= 11 is 0. The van der Waals surface area contributed by atoms with Gasteiger partial charge in [-0.25, -0.2) is 4.57 Å². The number of unbranched alkanes of at least 4 members (excludes halogenated alkanes) is 16. The topological polar surface area (TPSA) is 108 Å². The first-order chi connectivity index (χ1) is 41.0. The van der Waals surface area contributed by atoms with Crippen LogP contribution in [0.3, 0.4) is 0 Å². The molecule has 0 aliphatic heterocycles. The number of hydrogen-bond acceptors (Lipinski definition) is 7. The number of phosphoric acid groups is 1. The van der Waals surface area contributed by atoms with Gasteiger partial charge in [-0.2, -0.15) is 0 Å². The average molecular weight is 1180 g/mol. The summed E-state index contributed by atoms with van der Waals surface area (Å²) in [7, 11) is 1.44. The van der Waals surface area contributed by atoms with E-state index in [9.17, 15) is 19.0 Å². The SMILES string of the molecule is CC/C=C\C/C=C\C/C=C\C/C=C\C/C=C\C/C=C\C/C=C\C/C=C\CCCCCCCCCCCCCCC(=O)OC(COC(=O)CCCCCC/C=C\C/C=C\C/C=C\C/C=C\C/C=C\C/C=C\CC)COP(=O)(O)OCC[N+](C)(C)C. The minimum atomic E-state index is -4.41. The van der Waals surface area contributed by atoms with Crippen molar-refractivity contribution in [1.29, 1.82) is 0 Å². The second-order valence-corrected chi connectivity index (χ2v) is 23.8. The highest BCUT2D eigenvalue weighted by Gasteiger charge is 2.27. The van der Waals surface area contributed by atoms with Gasteiger partial charge in [-0.15, -0.1) is 0 Å². The van der Waals surface area contributed by atoms with Gasteiger partial charge < -0.3 is 18.9 Å². The summed E-state index contributed by atoms with van der Waals surface area (Å²) in [5.41, 5.74) is 0. The lowest BCUT2D eigenvalue weighted by atomic mass is 10.0. The Morgan fingerprint density at radius 2 is 0.643 bits per heavy atom. The Hall–Kier alpha value is -4.63. The molecule has 0 saturated carbocycles. The zero-order chi connectivity index (χ0) is 61.2. The molecule has 0 fully saturated rings. The standard InChI is InChI=1S/C74H120NO8P/c1-6-8-10-12-14-16-18-20-22-24-26-28-30-31-32-33-34-35-36-37-38-39-40-41-42-43-45-47-49-51-53-55-57-59-61-63-65-67-74(77)83-72(71-82-84(78,79)81-69-68-75(3,4)5)70-80-73(76)66-64-62-60-58-56-54-52-50-48-46-44-29-27-25-23-21-19-17-15-13-11-9-7-2/h8-11,14-17,20-23,26-29,31-32,34-35,37-38,40-41,46,48,52,54,72H,6-7,12-13,18-19,24-25,30,33,36,39,42-45,47,49-51,53,55-71H2,1-5H3/p+1/b10-8-,11-9-,16-14-,17-15-,22-20-,23-21-,28-26-,29-27-,32-31-,35-34-,38-37-,41-40-,48-46-,54-52-. The number of ether oxygens (including phenoxy) is 2. The lowest BCUT2D eigenvalue weighted by Crippen LogP contribution is -2.37. The summed E-state index contributed by atoms with van der Waals surface area (Å²) in [4.78, 5) is 35.8. The Balaban J connectivity index is 4.16. The first-order valence-electron chi connectivity index (χ1n) is 32.9. The van der Waals surface area contributed by atoms with Crippen molar-refractivity contribution in [3.63, 3.8) is 0 Å². The Labute approximate surface area is 515 Å². The first kappa shape index (κ1) is 79.4. The smallest absolute Gasteiger partial charge is 0.462 e. The Morgan fingerprint density at radius 3 is 0.952 bits per heavy atom. The van der Waals surface area contributed by atoms with Gasteiger partial charge in [0.25, 0.3) is 0 Å². The number of rotatable bonds is 58. The van der Waals surface area contributed by atoms with Crippen LogP contribution in [0.1, 0.15) is 232 Å². The van der Waals surface area contributed by atoms with E-state index in [1.165, 1.54) is 51.4 Å². The van der Waals surface area contributed by atoms with E-state index in [4.69, 9.17) is 18.5 Å². The maximum absolute atomic E-state index is 12.9. The van der Waals surface area contributed by atoms with E-state index in [1.807, 2.05) is 21.1 Å². The third kappa shape index (κ3) is 66.5. The Morgan fingerprint density at radius 1 is 0.369 bits per heavy atom. The van der Waals surface area contributed by atoms with Crippen molar-refractivity contribution in [1.82, 2.24) is 0 Å². The normalized spacial score (nSPS) is 14.3. The van der Waals surface area contributed by atoms with E-state index in [2.05, 4.69) is 184 Å². The highest BCUT2D eigenvalue weighted by Crippen LogP contribution is 2.43. The molecule has 84 heavy (non-hydrogen) atoms. The fourth-order valence-corrected chi connectivity index (χ4v) is 9.01. The third-order valence-electron chi connectivity index (χ3n) is 13.2. The monoisotopic (exact) mass is 1180 g/mol. The number of esters is 2. The molecule has 0 aromatic carbocycles. The summed E-state index contributed by atoms with van der Waals surface area (Å²) in [5, 5.41) is 0. The van der Waals surface area contributed by atoms with Crippen LogP contribution in [-0.2, 0) is 32.7 Å². The lowest BCUT2D eigenvalue weighted by Gasteiger charge is -2.24. The van der Waals surface area contributed by atoms with Crippen molar-refractivity contribution in [2.45, 2.75) is 238 Å². The predicted octanol–water partition coefficient (Wildman–Crippen LogP) is 21.4. The van der Waals surface area contributed by atoms with Crippen molar-refractivity contribution in [3.8, 4) is 0 Å². The minimum Gasteiger partial charge on any atom is -0.462 e. The van der Waals surface area contributed by atoms with E-state index in [0.717, 1.165) is 141 Å². The second-order valence-electron chi connectivity index (χ2n) is 22.4. The van der Waals surface area contributed by atoms with Crippen molar-refractivity contribution in [2.75, 3.05) is 47.5 Å². The third-order valence-corrected chi connectivity index (χ3v) is 14.2. The van der Waals surface area contributed by atoms with Gasteiger partial charge in [0.15, 0.2) is 6.10 Å². The van der Waals surface area contributed by atoms with E-state index in [-0.39, 0.29) is 26.1 Å². The largest absolute Gasteiger partial charge is 0.472 e. The molecule has 0 heterocycles. The maximum atomic E-state index is 12.9. The molecule has 0 saturated heterocycles. The highest BCUT2D eigenvalue weighted by atomic mass is 31.2. The number of carbonyl (C=O) groups excluding carboxylic acids is 2. The lowest BCUT2D eigenvalue weighted by molar-refractivity contribution is -0.870. The van der Waals surface area contributed by atoms with Gasteiger partial charge in [-0.3, -0.25) is 18.6 Å². The highest BCUT2D eigenvalue weighted by molar-refractivity contribution is 7.47.